The average molecular weight is 531 g/mol. The van der Waals surface area contributed by atoms with E-state index in [2.05, 4.69) is 77.5 Å². The monoisotopic (exact) mass is 530 g/mol. The summed E-state index contributed by atoms with van der Waals surface area (Å²) in [5, 5.41) is 3.81. The minimum Gasteiger partial charge on any atom is -0.316 e. The Bertz CT molecular complexity index is 2100. The predicted octanol–water partition coefficient (Wildman–Crippen LogP) is 9.18. The van der Waals surface area contributed by atoms with Crippen LogP contribution in [0.2, 0.25) is 0 Å². The van der Waals surface area contributed by atoms with E-state index < -0.39 is 0 Å². The third-order valence-corrected chi connectivity index (χ3v) is 8.41. The average Bonchev–Trinajstić information content (AvgIpc) is 3.63. The SMILES string of the molecule is c1ccc(-c2nc(-c3ccccc3)nc(-c3cccc(-n4ccc5ccc6sc7ccccc7c6c54)c3)n2)cc1. The van der Waals surface area contributed by atoms with Gasteiger partial charge in [0.2, 0.25) is 0 Å². The Morgan fingerprint density at radius 3 is 1.85 bits per heavy atom. The van der Waals surface area contributed by atoms with Crippen molar-refractivity contribution in [3.8, 4) is 39.9 Å². The van der Waals surface area contributed by atoms with Crippen LogP contribution in [0.4, 0.5) is 0 Å². The van der Waals surface area contributed by atoms with E-state index in [4.69, 9.17) is 15.0 Å². The summed E-state index contributed by atoms with van der Waals surface area (Å²) in [7, 11) is 0. The van der Waals surface area contributed by atoms with Gasteiger partial charge in [-0.05, 0) is 30.3 Å². The lowest BCUT2D eigenvalue weighted by atomic mass is 10.1. The molecule has 0 bridgehead atoms. The second-order valence-electron chi connectivity index (χ2n) is 9.75. The summed E-state index contributed by atoms with van der Waals surface area (Å²) in [5.74, 6) is 1.97. The molecule has 0 spiro atoms. The smallest absolute Gasteiger partial charge is 0.164 e. The highest BCUT2D eigenvalue weighted by Gasteiger charge is 2.15. The van der Waals surface area contributed by atoms with E-state index in [1.807, 2.05) is 72.0 Å². The van der Waals surface area contributed by atoms with Crippen LogP contribution in [0.1, 0.15) is 0 Å². The number of thiophene rings is 1. The first-order valence-electron chi connectivity index (χ1n) is 13.2. The second kappa shape index (κ2) is 9.26. The summed E-state index contributed by atoms with van der Waals surface area (Å²) in [4.78, 5) is 14.7. The van der Waals surface area contributed by atoms with Crippen LogP contribution in [0.5, 0.6) is 0 Å². The molecule has 8 rings (SSSR count). The van der Waals surface area contributed by atoms with E-state index in [-0.39, 0.29) is 0 Å². The lowest BCUT2D eigenvalue weighted by Crippen LogP contribution is -2.01. The molecule has 3 aromatic heterocycles. The molecule has 5 aromatic carbocycles. The summed E-state index contributed by atoms with van der Waals surface area (Å²) in [6, 6.07) is 44.0. The molecule has 4 nitrogen and oxygen atoms in total. The van der Waals surface area contributed by atoms with Gasteiger partial charge in [0, 0.05) is 54.1 Å². The highest BCUT2D eigenvalue weighted by atomic mass is 32.1. The van der Waals surface area contributed by atoms with Gasteiger partial charge < -0.3 is 4.57 Å². The van der Waals surface area contributed by atoms with Gasteiger partial charge in [0.25, 0.3) is 0 Å². The minimum absolute atomic E-state index is 0.650. The van der Waals surface area contributed by atoms with E-state index >= 15 is 0 Å². The summed E-state index contributed by atoms with van der Waals surface area (Å²) in [6.07, 6.45) is 2.16. The van der Waals surface area contributed by atoms with E-state index in [0.29, 0.717) is 17.5 Å². The van der Waals surface area contributed by atoms with Gasteiger partial charge in [-0.15, -0.1) is 11.3 Å². The van der Waals surface area contributed by atoms with Crippen molar-refractivity contribution < 1.29 is 0 Å². The fraction of sp³-hybridized carbons (Fsp3) is 0. The van der Waals surface area contributed by atoms with Gasteiger partial charge in [0.15, 0.2) is 17.5 Å². The molecule has 0 N–H and O–H groups in total. The van der Waals surface area contributed by atoms with Crippen molar-refractivity contribution in [2.24, 2.45) is 0 Å². The number of nitrogens with zero attached hydrogens (tertiary/aromatic N) is 4. The summed E-state index contributed by atoms with van der Waals surface area (Å²) >= 11 is 1.84. The third-order valence-electron chi connectivity index (χ3n) is 7.27. The number of hydrogen-bond acceptors (Lipinski definition) is 4. The molecule has 40 heavy (non-hydrogen) atoms. The standard InChI is InChI=1S/C35H22N4S/c1-3-10-24(11-4-1)33-36-34(25-12-5-2-6-13-25)38-35(37-33)26-14-9-15-27(22-26)39-21-20-23-18-19-30-31(32(23)39)28-16-7-8-17-29(28)40-30/h1-22H. The maximum absolute atomic E-state index is 4.94. The van der Waals surface area contributed by atoms with E-state index in [1.54, 1.807) is 0 Å². The number of rotatable bonds is 4. The summed E-state index contributed by atoms with van der Waals surface area (Å²) < 4.78 is 4.89. The van der Waals surface area contributed by atoms with E-state index in [9.17, 15) is 0 Å². The lowest BCUT2D eigenvalue weighted by Gasteiger charge is -2.11. The van der Waals surface area contributed by atoms with Gasteiger partial charge in [-0.25, -0.2) is 15.0 Å². The zero-order chi connectivity index (χ0) is 26.5. The fourth-order valence-corrected chi connectivity index (χ4v) is 6.49. The molecule has 8 aromatic rings. The molecule has 0 aliphatic heterocycles. The van der Waals surface area contributed by atoms with Crippen molar-refractivity contribution in [3.63, 3.8) is 0 Å². The van der Waals surface area contributed by atoms with Gasteiger partial charge in [0.1, 0.15) is 0 Å². The Morgan fingerprint density at radius 2 is 1.12 bits per heavy atom. The molecule has 0 saturated heterocycles. The molecule has 0 unspecified atom stereocenters. The maximum atomic E-state index is 4.94. The third kappa shape index (κ3) is 3.79. The highest BCUT2D eigenvalue weighted by molar-refractivity contribution is 7.26. The first-order valence-corrected chi connectivity index (χ1v) is 14.0. The lowest BCUT2D eigenvalue weighted by molar-refractivity contribution is 1.07. The Labute approximate surface area is 234 Å². The van der Waals surface area contributed by atoms with Gasteiger partial charge in [0.05, 0.1) is 5.52 Å². The molecule has 5 heteroatoms. The fourth-order valence-electron chi connectivity index (χ4n) is 5.39. The Morgan fingerprint density at radius 1 is 0.500 bits per heavy atom. The largest absolute Gasteiger partial charge is 0.316 e. The molecule has 0 amide bonds. The molecular weight excluding hydrogens is 508 g/mol. The van der Waals surface area contributed by atoms with Crippen molar-refractivity contribution in [1.82, 2.24) is 19.5 Å². The van der Waals surface area contributed by atoms with Crippen molar-refractivity contribution in [1.29, 1.82) is 0 Å². The number of fused-ring (bicyclic) bond motifs is 5. The molecule has 0 atom stereocenters. The van der Waals surface area contributed by atoms with Crippen LogP contribution in [-0.4, -0.2) is 19.5 Å². The normalized spacial score (nSPS) is 11.5. The molecule has 0 aliphatic rings. The predicted molar refractivity (Wildman–Crippen MR) is 166 cm³/mol. The van der Waals surface area contributed by atoms with Gasteiger partial charge >= 0.3 is 0 Å². The molecular formula is C35H22N4S. The van der Waals surface area contributed by atoms with Gasteiger partial charge in [-0.2, -0.15) is 0 Å². The molecule has 188 valence electrons. The van der Waals surface area contributed by atoms with E-state index in [0.717, 1.165) is 22.4 Å². The van der Waals surface area contributed by atoms with Crippen LogP contribution in [0.25, 0.3) is 70.9 Å². The molecule has 0 saturated carbocycles. The van der Waals surface area contributed by atoms with Crippen LogP contribution >= 0.6 is 11.3 Å². The van der Waals surface area contributed by atoms with Crippen molar-refractivity contribution in [2.45, 2.75) is 0 Å². The Balaban J connectivity index is 1.32. The second-order valence-corrected chi connectivity index (χ2v) is 10.8. The highest BCUT2D eigenvalue weighted by Crippen LogP contribution is 2.39. The topological polar surface area (TPSA) is 43.6 Å². The van der Waals surface area contributed by atoms with Crippen molar-refractivity contribution in [3.05, 3.63) is 134 Å². The van der Waals surface area contributed by atoms with Crippen molar-refractivity contribution in [2.75, 3.05) is 0 Å². The van der Waals surface area contributed by atoms with Gasteiger partial charge in [-0.1, -0.05) is 97.1 Å². The first-order chi connectivity index (χ1) is 19.8. The van der Waals surface area contributed by atoms with Gasteiger partial charge in [-0.3, -0.25) is 0 Å². The number of benzene rings is 5. The maximum Gasteiger partial charge on any atom is 0.164 e. The quantitative estimate of drug-likeness (QED) is 0.228. The molecule has 0 fully saturated rings. The van der Waals surface area contributed by atoms with Crippen LogP contribution in [0.3, 0.4) is 0 Å². The molecule has 3 heterocycles. The Kier molecular flexibility index (Phi) is 5.28. The van der Waals surface area contributed by atoms with Crippen LogP contribution in [0.15, 0.2) is 134 Å². The van der Waals surface area contributed by atoms with Crippen molar-refractivity contribution >= 4 is 42.4 Å². The summed E-state index contributed by atoms with van der Waals surface area (Å²) in [5.41, 5.74) is 5.15. The summed E-state index contributed by atoms with van der Waals surface area (Å²) in [6.45, 7) is 0. The first kappa shape index (κ1) is 22.8. The minimum atomic E-state index is 0.650. The zero-order valence-corrected chi connectivity index (χ0v) is 22.2. The number of aromatic nitrogens is 4. The molecule has 0 aliphatic carbocycles. The zero-order valence-electron chi connectivity index (χ0n) is 21.4. The Hall–Kier alpha value is -5.13. The van der Waals surface area contributed by atoms with Crippen LogP contribution in [0, 0.1) is 0 Å². The van der Waals surface area contributed by atoms with E-state index in [1.165, 1.54) is 31.1 Å². The van der Waals surface area contributed by atoms with Crippen LogP contribution < -0.4 is 0 Å². The van der Waals surface area contributed by atoms with Crippen LogP contribution in [-0.2, 0) is 0 Å². The number of hydrogen-bond donors (Lipinski definition) is 0. The molecule has 0 radical (unpaired) electrons.